The zero-order valence-corrected chi connectivity index (χ0v) is 67.5. The Bertz CT molecular complexity index is 1950. The van der Waals surface area contributed by atoms with Crippen molar-refractivity contribution in [1.82, 2.24) is 0 Å². The quantitative estimate of drug-likeness (QED) is 0.0222. The highest BCUT2D eigenvalue weighted by molar-refractivity contribution is 7.47. The van der Waals surface area contributed by atoms with Gasteiger partial charge in [0, 0.05) is 25.7 Å². The fourth-order valence-corrected chi connectivity index (χ4v) is 14.0. The summed E-state index contributed by atoms with van der Waals surface area (Å²) in [6, 6.07) is 0. The van der Waals surface area contributed by atoms with Crippen LogP contribution in [0.15, 0.2) is 0 Å². The van der Waals surface area contributed by atoms with Crippen molar-refractivity contribution >= 4 is 39.5 Å². The number of carbonyl (C=O) groups excluding carboxylic acids is 4. The number of rotatable bonds is 79. The Morgan fingerprint density at radius 2 is 0.480 bits per heavy atom. The molecule has 0 spiro atoms. The summed E-state index contributed by atoms with van der Waals surface area (Å²) in [6.07, 6.45) is 59.5. The van der Waals surface area contributed by atoms with E-state index >= 15 is 0 Å². The van der Waals surface area contributed by atoms with Gasteiger partial charge in [-0.25, -0.2) is 9.13 Å². The van der Waals surface area contributed by atoms with Crippen LogP contribution in [0.25, 0.3) is 0 Å². The Balaban J connectivity index is 5.22. The lowest BCUT2D eigenvalue weighted by atomic mass is 9.99. The lowest BCUT2D eigenvalue weighted by Gasteiger charge is -2.21. The topological polar surface area (TPSA) is 237 Å². The van der Waals surface area contributed by atoms with Gasteiger partial charge in [-0.05, 0) is 43.4 Å². The predicted molar refractivity (Wildman–Crippen MR) is 409 cm³/mol. The van der Waals surface area contributed by atoms with Crippen LogP contribution >= 0.6 is 15.6 Å². The molecule has 0 aliphatic rings. The highest BCUT2D eigenvalue weighted by Gasteiger charge is 2.30. The molecule has 0 amide bonds. The summed E-state index contributed by atoms with van der Waals surface area (Å²) in [4.78, 5) is 73.0. The van der Waals surface area contributed by atoms with Crippen LogP contribution in [0, 0.1) is 17.8 Å². The predicted octanol–water partition coefficient (Wildman–Crippen LogP) is 24.1. The van der Waals surface area contributed by atoms with E-state index in [2.05, 4.69) is 48.5 Å². The zero-order valence-electron chi connectivity index (χ0n) is 65.7. The molecular formula is C81H158O17P2. The van der Waals surface area contributed by atoms with E-state index in [0.717, 1.165) is 108 Å². The Hall–Kier alpha value is -1.94. The maximum Gasteiger partial charge on any atom is 0.472 e. The Morgan fingerprint density at radius 1 is 0.280 bits per heavy atom. The number of aliphatic hydroxyl groups is 1. The standard InChI is InChI=1S/C81H158O17P2/c1-8-12-13-14-15-16-17-18-26-29-32-41-48-55-62-78(83)91-68-76(97-80(85)64-57-50-43-33-30-27-24-22-20-19-21-23-25-28-31-38-45-52-59-72(5)9-2)70-95-99(87,88)93-66-75(82)67-94-100(89,90)96-71-77(98-81(86)65-58-51-44-37-35-40-47-54-61-74(7)11-4)69-92-79(84)63-56-49-42-36-34-39-46-53-60-73(6)10-3/h72-77,82H,8-71H2,1-7H3,(H,87,88)(H,89,90)/t72?,73?,74?,75-,76-,77-/m1/s1. The van der Waals surface area contributed by atoms with Gasteiger partial charge < -0.3 is 33.8 Å². The molecule has 8 atom stereocenters. The van der Waals surface area contributed by atoms with Gasteiger partial charge >= 0.3 is 39.5 Å². The van der Waals surface area contributed by atoms with Gasteiger partial charge in [-0.2, -0.15) is 0 Å². The Labute approximate surface area is 613 Å². The first-order valence-electron chi connectivity index (χ1n) is 42.0. The molecule has 0 aromatic rings. The van der Waals surface area contributed by atoms with Crippen molar-refractivity contribution < 1.29 is 80.2 Å². The monoisotopic (exact) mass is 1470 g/mol. The summed E-state index contributed by atoms with van der Waals surface area (Å²) in [5.74, 6) is 0.306. The normalized spacial score (nSPS) is 14.8. The minimum atomic E-state index is -4.96. The lowest BCUT2D eigenvalue weighted by molar-refractivity contribution is -0.161. The van der Waals surface area contributed by atoms with Crippen molar-refractivity contribution in [1.29, 1.82) is 0 Å². The molecule has 17 nitrogen and oxygen atoms in total. The van der Waals surface area contributed by atoms with Crippen LogP contribution in [0.4, 0.5) is 0 Å². The maximum atomic E-state index is 13.1. The summed E-state index contributed by atoms with van der Waals surface area (Å²) < 4.78 is 68.7. The number of aliphatic hydroxyl groups excluding tert-OH is 1. The molecule has 594 valence electrons. The van der Waals surface area contributed by atoms with Crippen LogP contribution in [0.1, 0.15) is 421 Å². The number of hydrogen-bond acceptors (Lipinski definition) is 15. The SMILES string of the molecule is CCCCCCCCCCCCCCCCC(=O)OC[C@H](COP(=O)(O)OC[C@@H](O)COP(=O)(O)OC[C@@H](COC(=O)CCCCCCCCCCC(C)CC)OC(=O)CCCCCCCCCCC(C)CC)OC(=O)CCCCCCCCCCCCCCCCCCCCC(C)CC. The van der Waals surface area contributed by atoms with E-state index in [9.17, 15) is 43.2 Å². The maximum absolute atomic E-state index is 13.1. The summed E-state index contributed by atoms with van der Waals surface area (Å²) in [6.45, 7) is 12.0. The van der Waals surface area contributed by atoms with Crippen molar-refractivity contribution in [2.45, 2.75) is 439 Å². The minimum Gasteiger partial charge on any atom is -0.462 e. The van der Waals surface area contributed by atoms with Gasteiger partial charge in [0.2, 0.25) is 0 Å². The molecule has 0 heterocycles. The van der Waals surface area contributed by atoms with Crippen molar-refractivity contribution in [3.8, 4) is 0 Å². The fraction of sp³-hybridized carbons (Fsp3) is 0.951. The summed E-state index contributed by atoms with van der Waals surface area (Å²) in [5, 5.41) is 10.6. The molecule has 0 rings (SSSR count). The molecule has 0 saturated carbocycles. The zero-order chi connectivity index (χ0) is 73.7. The molecule has 3 N–H and O–H groups in total. The molecule has 0 aromatic carbocycles. The molecule has 0 radical (unpaired) electrons. The number of hydrogen-bond donors (Lipinski definition) is 3. The fourth-order valence-electron chi connectivity index (χ4n) is 12.4. The van der Waals surface area contributed by atoms with Gasteiger partial charge in [0.1, 0.15) is 19.3 Å². The van der Waals surface area contributed by atoms with Gasteiger partial charge in [0.25, 0.3) is 0 Å². The average molecular weight is 1470 g/mol. The molecule has 0 saturated heterocycles. The average Bonchev–Trinajstić information content (AvgIpc) is 0.942. The van der Waals surface area contributed by atoms with E-state index < -0.39 is 97.5 Å². The number of ether oxygens (including phenoxy) is 4. The molecule has 0 bridgehead atoms. The molecule has 0 aromatic heterocycles. The van der Waals surface area contributed by atoms with Crippen molar-refractivity contribution in [3.05, 3.63) is 0 Å². The molecule has 5 unspecified atom stereocenters. The molecule has 100 heavy (non-hydrogen) atoms. The Morgan fingerprint density at radius 3 is 0.710 bits per heavy atom. The summed E-state index contributed by atoms with van der Waals surface area (Å²) in [5.41, 5.74) is 0. The summed E-state index contributed by atoms with van der Waals surface area (Å²) >= 11 is 0. The first-order chi connectivity index (χ1) is 48.3. The smallest absolute Gasteiger partial charge is 0.462 e. The third-order valence-electron chi connectivity index (χ3n) is 20.0. The number of phosphoric acid groups is 2. The van der Waals surface area contributed by atoms with Crippen LogP contribution in [0.2, 0.25) is 0 Å². The third-order valence-corrected chi connectivity index (χ3v) is 21.9. The van der Waals surface area contributed by atoms with Crippen LogP contribution in [0.3, 0.4) is 0 Å². The van der Waals surface area contributed by atoms with E-state index in [1.807, 2.05) is 0 Å². The lowest BCUT2D eigenvalue weighted by Crippen LogP contribution is -2.30. The molecule has 0 fully saturated rings. The van der Waals surface area contributed by atoms with E-state index in [1.54, 1.807) is 0 Å². The first-order valence-corrected chi connectivity index (χ1v) is 45.0. The number of esters is 4. The van der Waals surface area contributed by atoms with Gasteiger partial charge in [-0.15, -0.1) is 0 Å². The molecule has 0 aliphatic heterocycles. The van der Waals surface area contributed by atoms with Crippen LogP contribution in [-0.4, -0.2) is 96.7 Å². The van der Waals surface area contributed by atoms with E-state index in [-0.39, 0.29) is 25.7 Å². The van der Waals surface area contributed by atoms with Crippen LogP contribution < -0.4 is 0 Å². The van der Waals surface area contributed by atoms with Gasteiger partial charge in [0.05, 0.1) is 26.4 Å². The van der Waals surface area contributed by atoms with Crippen molar-refractivity contribution in [3.63, 3.8) is 0 Å². The summed E-state index contributed by atoms with van der Waals surface area (Å²) in [7, 11) is -9.92. The second-order valence-corrected chi connectivity index (χ2v) is 32.8. The van der Waals surface area contributed by atoms with Gasteiger partial charge in [-0.3, -0.25) is 37.3 Å². The van der Waals surface area contributed by atoms with E-state index in [1.165, 1.54) is 231 Å². The van der Waals surface area contributed by atoms with E-state index in [0.29, 0.717) is 25.7 Å². The molecular weight excluding hydrogens is 1310 g/mol. The third kappa shape index (κ3) is 70.4. The highest BCUT2D eigenvalue weighted by atomic mass is 31.2. The molecule has 19 heteroatoms. The van der Waals surface area contributed by atoms with Crippen LogP contribution in [-0.2, 0) is 65.4 Å². The van der Waals surface area contributed by atoms with Gasteiger partial charge in [0.15, 0.2) is 12.2 Å². The number of carbonyl (C=O) groups is 4. The molecule has 0 aliphatic carbocycles. The largest absolute Gasteiger partial charge is 0.472 e. The van der Waals surface area contributed by atoms with E-state index in [4.69, 9.17) is 37.0 Å². The van der Waals surface area contributed by atoms with Gasteiger partial charge in [-0.1, -0.05) is 370 Å². The highest BCUT2D eigenvalue weighted by Crippen LogP contribution is 2.45. The van der Waals surface area contributed by atoms with Crippen molar-refractivity contribution in [2.75, 3.05) is 39.6 Å². The number of unbranched alkanes of at least 4 members (excludes halogenated alkanes) is 44. The first kappa shape index (κ1) is 98.1. The van der Waals surface area contributed by atoms with Crippen molar-refractivity contribution in [2.24, 2.45) is 17.8 Å². The van der Waals surface area contributed by atoms with Crippen LogP contribution in [0.5, 0.6) is 0 Å². The Kier molecular flexibility index (Phi) is 69.9. The number of phosphoric ester groups is 2. The minimum absolute atomic E-state index is 0.105. The second-order valence-electron chi connectivity index (χ2n) is 29.9. The second kappa shape index (κ2) is 71.3.